The highest BCUT2D eigenvalue weighted by Gasteiger charge is 2.13. The fourth-order valence-electron chi connectivity index (χ4n) is 2.72. The lowest BCUT2D eigenvalue weighted by Gasteiger charge is -2.11. The lowest BCUT2D eigenvalue weighted by atomic mass is 10.0. The van der Waals surface area contributed by atoms with Crippen LogP contribution in [0.2, 0.25) is 5.02 Å². The van der Waals surface area contributed by atoms with Crippen LogP contribution in [-0.4, -0.2) is 18.4 Å². The summed E-state index contributed by atoms with van der Waals surface area (Å²) < 4.78 is 10.9. The Morgan fingerprint density at radius 2 is 1.57 bits per heavy atom. The van der Waals surface area contributed by atoms with Gasteiger partial charge in [-0.1, -0.05) is 41.9 Å². The third kappa shape index (κ3) is 4.78. The fraction of sp³-hybridized carbons (Fsp3) is 0.130. The van der Waals surface area contributed by atoms with Gasteiger partial charge in [0.25, 0.3) is 0 Å². The maximum absolute atomic E-state index is 12.6. The molecule has 3 aromatic carbocycles. The summed E-state index contributed by atoms with van der Waals surface area (Å²) in [6, 6.07) is 21.0. The molecule has 3 rings (SSSR count). The normalized spacial score (nSPS) is 10.4. The molecule has 3 aromatic rings. The van der Waals surface area contributed by atoms with Crippen molar-refractivity contribution in [3.63, 3.8) is 0 Å². The molecule has 0 bridgehead atoms. The van der Waals surface area contributed by atoms with Gasteiger partial charge in [-0.05, 0) is 49.4 Å². The molecule has 0 saturated carbocycles. The molecule has 0 radical (unpaired) electrons. The van der Waals surface area contributed by atoms with Crippen LogP contribution < -0.4 is 4.74 Å². The van der Waals surface area contributed by atoms with E-state index in [1.165, 1.54) is 0 Å². The Morgan fingerprint density at radius 1 is 0.893 bits per heavy atom. The minimum Gasteiger partial charge on any atom is -0.466 e. The molecule has 0 aliphatic heterocycles. The summed E-state index contributed by atoms with van der Waals surface area (Å²) in [4.78, 5) is 24.4. The van der Waals surface area contributed by atoms with E-state index in [0.717, 1.165) is 5.56 Å². The predicted octanol–water partition coefficient (Wildman–Crippen LogP) is 5.47. The number of esters is 1. The fourth-order valence-corrected chi connectivity index (χ4v) is 2.94. The number of hydrogen-bond acceptors (Lipinski definition) is 4. The van der Waals surface area contributed by atoms with Gasteiger partial charge in [0.1, 0.15) is 11.5 Å². The number of carbonyl (C=O) groups is 2. The smallest absolute Gasteiger partial charge is 0.310 e. The molecule has 0 N–H and O–H groups in total. The number of ketones is 1. The molecule has 5 heteroatoms. The Hall–Kier alpha value is -3.11. The minimum atomic E-state index is -0.306. The number of rotatable bonds is 7. The van der Waals surface area contributed by atoms with Crippen LogP contribution in [0.1, 0.15) is 28.4 Å². The molecule has 0 fully saturated rings. The summed E-state index contributed by atoms with van der Waals surface area (Å²) in [5, 5.41) is 0.417. The van der Waals surface area contributed by atoms with Crippen LogP contribution in [0.5, 0.6) is 11.5 Å². The first-order valence-corrected chi connectivity index (χ1v) is 9.27. The van der Waals surface area contributed by atoms with E-state index in [-0.39, 0.29) is 18.2 Å². The first kappa shape index (κ1) is 19.6. The molecule has 0 atom stereocenters. The van der Waals surface area contributed by atoms with Gasteiger partial charge >= 0.3 is 5.97 Å². The number of hydrogen-bond donors (Lipinski definition) is 0. The lowest BCUT2D eigenvalue weighted by Crippen LogP contribution is -2.08. The maximum atomic E-state index is 12.6. The average Bonchev–Trinajstić information content (AvgIpc) is 2.70. The molecule has 0 saturated heterocycles. The Morgan fingerprint density at radius 3 is 2.29 bits per heavy atom. The van der Waals surface area contributed by atoms with Gasteiger partial charge in [-0.2, -0.15) is 0 Å². The van der Waals surface area contributed by atoms with Crippen LogP contribution >= 0.6 is 11.6 Å². The topological polar surface area (TPSA) is 52.6 Å². The van der Waals surface area contributed by atoms with E-state index in [4.69, 9.17) is 21.1 Å². The van der Waals surface area contributed by atoms with Gasteiger partial charge in [-0.25, -0.2) is 0 Å². The second-order valence-corrected chi connectivity index (χ2v) is 6.43. The number of halogens is 1. The van der Waals surface area contributed by atoms with Crippen molar-refractivity contribution in [2.24, 2.45) is 0 Å². The third-order valence-electron chi connectivity index (χ3n) is 4.08. The van der Waals surface area contributed by atoms with Crippen LogP contribution in [0.25, 0.3) is 0 Å². The van der Waals surface area contributed by atoms with Gasteiger partial charge in [0.2, 0.25) is 0 Å². The van der Waals surface area contributed by atoms with E-state index in [2.05, 4.69) is 0 Å². The third-order valence-corrected chi connectivity index (χ3v) is 4.41. The van der Waals surface area contributed by atoms with Crippen molar-refractivity contribution in [2.45, 2.75) is 13.3 Å². The predicted molar refractivity (Wildman–Crippen MR) is 108 cm³/mol. The number of para-hydroxylation sites is 1. The molecule has 0 aromatic heterocycles. The average molecular weight is 395 g/mol. The van der Waals surface area contributed by atoms with Crippen molar-refractivity contribution < 1.29 is 19.1 Å². The zero-order valence-corrected chi connectivity index (χ0v) is 16.1. The highest BCUT2D eigenvalue weighted by atomic mass is 35.5. The first-order chi connectivity index (χ1) is 13.6. The van der Waals surface area contributed by atoms with Gasteiger partial charge < -0.3 is 9.47 Å². The molecule has 0 aliphatic rings. The summed E-state index contributed by atoms with van der Waals surface area (Å²) in [6.07, 6.45) is 0.132. The zero-order chi connectivity index (χ0) is 19.9. The van der Waals surface area contributed by atoms with Crippen LogP contribution in [-0.2, 0) is 16.0 Å². The number of carbonyl (C=O) groups excluding carboxylic acids is 2. The molecule has 4 nitrogen and oxygen atoms in total. The molecule has 28 heavy (non-hydrogen) atoms. The van der Waals surface area contributed by atoms with Gasteiger partial charge in [-0.3, -0.25) is 9.59 Å². The highest BCUT2D eigenvalue weighted by molar-refractivity contribution is 6.34. The number of benzene rings is 3. The molecule has 0 heterocycles. The molecular formula is C23H19ClO4. The zero-order valence-electron chi connectivity index (χ0n) is 15.4. The Kier molecular flexibility index (Phi) is 6.45. The number of ether oxygens (including phenoxy) is 2. The molecule has 0 aliphatic carbocycles. The molecule has 0 unspecified atom stereocenters. The Balaban J connectivity index is 1.76. The van der Waals surface area contributed by atoms with E-state index in [1.54, 1.807) is 61.5 Å². The molecule has 0 spiro atoms. The van der Waals surface area contributed by atoms with Gasteiger partial charge in [0.15, 0.2) is 5.78 Å². The van der Waals surface area contributed by atoms with E-state index in [1.807, 2.05) is 18.2 Å². The van der Waals surface area contributed by atoms with Crippen molar-refractivity contribution in [1.82, 2.24) is 0 Å². The second kappa shape index (κ2) is 9.20. The van der Waals surface area contributed by atoms with Crippen LogP contribution in [0.3, 0.4) is 0 Å². The van der Waals surface area contributed by atoms with Crippen LogP contribution in [0.4, 0.5) is 0 Å². The Bertz CT molecular complexity index is 980. The Labute approximate surface area is 168 Å². The standard InChI is InChI=1S/C23H19ClO4/c1-2-27-22(25)15-17-7-3-6-10-21(17)28-18-13-11-16(12-14-18)23(26)19-8-4-5-9-20(19)24/h3-14H,2,15H2,1H3. The van der Waals surface area contributed by atoms with Gasteiger partial charge in [-0.15, -0.1) is 0 Å². The molecule has 0 amide bonds. The summed E-state index contributed by atoms with van der Waals surface area (Å²) in [7, 11) is 0. The molecule has 142 valence electrons. The van der Waals surface area contributed by atoms with E-state index >= 15 is 0 Å². The lowest BCUT2D eigenvalue weighted by molar-refractivity contribution is -0.142. The second-order valence-electron chi connectivity index (χ2n) is 6.02. The largest absolute Gasteiger partial charge is 0.466 e. The van der Waals surface area contributed by atoms with Crippen LogP contribution in [0, 0.1) is 0 Å². The molecular weight excluding hydrogens is 376 g/mol. The van der Waals surface area contributed by atoms with Crippen molar-refractivity contribution >= 4 is 23.4 Å². The van der Waals surface area contributed by atoms with E-state index in [0.29, 0.717) is 34.3 Å². The summed E-state index contributed by atoms with van der Waals surface area (Å²) in [5.74, 6) is 0.673. The van der Waals surface area contributed by atoms with Crippen LogP contribution in [0.15, 0.2) is 72.8 Å². The SMILES string of the molecule is CCOC(=O)Cc1ccccc1Oc1ccc(C(=O)c2ccccc2Cl)cc1. The van der Waals surface area contributed by atoms with E-state index in [9.17, 15) is 9.59 Å². The van der Waals surface area contributed by atoms with Gasteiger partial charge in [0, 0.05) is 16.7 Å². The summed E-state index contributed by atoms with van der Waals surface area (Å²) in [5.41, 5.74) is 1.70. The van der Waals surface area contributed by atoms with E-state index < -0.39 is 0 Å². The summed E-state index contributed by atoms with van der Waals surface area (Å²) >= 11 is 6.11. The highest BCUT2D eigenvalue weighted by Crippen LogP contribution is 2.27. The van der Waals surface area contributed by atoms with Crippen molar-refractivity contribution in [3.05, 3.63) is 94.5 Å². The quantitative estimate of drug-likeness (QED) is 0.394. The van der Waals surface area contributed by atoms with Gasteiger partial charge in [0.05, 0.1) is 18.1 Å². The van der Waals surface area contributed by atoms with Crippen molar-refractivity contribution in [3.8, 4) is 11.5 Å². The monoisotopic (exact) mass is 394 g/mol. The van der Waals surface area contributed by atoms with Crippen molar-refractivity contribution in [2.75, 3.05) is 6.61 Å². The first-order valence-electron chi connectivity index (χ1n) is 8.89. The summed E-state index contributed by atoms with van der Waals surface area (Å²) in [6.45, 7) is 2.11. The maximum Gasteiger partial charge on any atom is 0.310 e. The minimum absolute atomic E-state index is 0.132. The van der Waals surface area contributed by atoms with Crippen molar-refractivity contribution in [1.29, 1.82) is 0 Å².